The summed E-state index contributed by atoms with van der Waals surface area (Å²) >= 11 is 0. The maximum atomic E-state index is 12.9. The maximum absolute atomic E-state index is 12.9. The Morgan fingerprint density at radius 3 is 2.16 bits per heavy atom. The zero-order chi connectivity index (χ0) is 22.4. The first-order valence-electron chi connectivity index (χ1n) is 9.45. The minimum absolute atomic E-state index is 0.113. The molecule has 0 bridgehead atoms. The van der Waals surface area contributed by atoms with Crippen LogP contribution in [0.15, 0.2) is 30.3 Å². The van der Waals surface area contributed by atoms with Crippen molar-refractivity contribution in [3.8, 4) is 11.5 Å². The molecule has 0 spiro atoms. The van der Waals surface area contributed by atoms with E-state index in [1.807, 2.05) is 0 Å². The summed E-state index contributed by atoms with van der Waals surface area (Å²) in [5.74, 6) is -2.09. The monoisotopic (exact) mass is 432 g/mol. The van der Waals surface area contributed by atoms with Crippen LogP contribution in [0.2, 0.25) is 0 Å². The first-order valence-corrected chi connectivity index (χ1v) is 9.45. The van der Waals surface area contributed by atoms with Gasteiger partial charge in [-0.15, -0.1) is 0 Å². The Morgan fingerprint density at radius 2 is 1.55 bits per heavy atom. The van der Waals surface area contributed by atoms with Crippen LogP contribution in [0.1, 0.15) is 37.4 Å². The molecule has 1 heterocycles. The summed E-state index contributed by atoms with van der Waals surface area (Å²) < 4.78 is 10.8. The van der Waals surface area contributed by atoms with Crippen molar-refractivity contribution in [1.82, 2.24) is 0 Å². The van der Waals surface area contributed by atoms with E-state index in [1.54, 1.807) is 12.1 Å². The smallest absolute Gasteiger partial charge is 0.229 e. The Labute approximate surface area is 175 Å². The van der Waals surface area contributed by atoms with E-state index >= 15 is 0 Å². The second kappa shape index (κ2) is 8.00. The summed E-state index contributed by atoms with van der Waals surface area (Å²) in [6.45, 7) is -1.47. The number of ketones is 2. The third-order valence-electron chi connectivity index (χ3n) is 5.50. The Hall–Kier alpha value is -2.86. The normalized spacial score (nSPS) is 27.6. The lowest BCUT2D eigenvalue weighted by Gasteiger charge is -2.39. The predicted octanol–water partition coefficient (Wildman–Crippen LogP) is -1.16. The van der Waals surface area contributed by atoms with E-state index in [-0.39, 0.29) is 33.6 Å². The molecule has 5 atom stereocenters. The van der Waals surface area contributed by atoms with Gasteiger partial charge in [0.2, 0.25) is 6.29 Å². The van der Waals surface area contributed by atoms with E-state index < -0.39 is 61.2 Å². The molecule has 4 rings (SSSR count). The largest absolute Gasteiger partial charge is 0.507 e. The number of hydrogen-bond donors (Lipinski definition) is 6. The summed E-state index contributed by atoms with van der Waals surface area (Å²) in [7, 11) is 0. The van der Waals surface area contributed by atoms with Crippen molar-refractivity contribution < 1.29 is 49.7 Å². The quantitative estimate of drug-likeness (QED) is 0.295. The molecule has 1 saturated heterocycles. The minimum atomic E-state index is -1.75. The number of benzene rings is 2. The van der Waals surface area contributed by atoms with Crippen molar-refractivity contribution in [2.24, 2.45) is 0 Å². The highest BCUT2D eigenvalue weighted by atomic mass is 16.7. The van der Waals surface area contributed by atoms with Crippen molar-refractivity contribution in [2.45, 2.75) is 37.3 Å². The van der Waals surface area contributed by atoms with Gasteiger partial charge in [0.25, 0.3) is 0 Å². The molecule has 1 aliphatic heterocycles. The van der Waals surface area contributed by atoms with Crippen molar-refractivity contribution in [1.29, 1.82) is 0 Å². The standard InChI is InChI=1S/C21H20O10/c22-6-11-12(30-21-20(29)19(28)18(27)13(7-23)31-21)5-10-14(17(11)26)16(25)9-4-2-1-3-8(9)15(10)24/h1-5,13,18-23,26-29H,6-7H2. The van der Waals surface area contributed by atoms with Gasteiger partial charge >= 0.3 is 0 Å². The van der Waals surface area contributed by atoms with Gasteiger partial charge in [-0.1, -0.05) is 24.3 Å². The average Bonchev–Trinajstić information content (AvgIpc) is 2.77. The predicted molar refractivity (Wildman–Crippen MR) is 102 cm³/mol. The number of phenols is 1. The molecule has 5 unspecified atom stereocenters. The molecule has 2 aliphatic rings. The number of aliphatic hydroxyl groups is 5. The molecule has 10 nitrogen and oxygen atoms in total. The van der Waals surface area contributed by atoms with Gasteiger partial charge in [0.05, 0.1) is 24.3 Å². The highest BCUT2D eigenvalue weighted by Gasteiger charge is 2.45. The van der Waals surface area contributed by atoms with Gasteiger partial charge in [0.1, 0.15) is 35.9 Å². The Morgan fingerprint density at radius 1 is 0.903 bits per heavy atom. The first kappa shape index (κ1) is 21.4. The Kier molecular flexibility index (Phi) is 5.52. The van der Waals surface area contributed by atoms with Crippen LogP contribution in [0.4, 0.5) is 0 Å². The molecular formula is C21H20O10. The first-order chi connectivity index (χ1) is 14.8. The van der Waals surface area contributed by atoms with Crippen LogP contribution in [0, 0.1) is 0 Å². The molecule has 0 radical (unpaired) electrons. The van der Waals surface area contributed by atoms with Gasteiger partial charge in [-0.3, -0.25) is 9.59 Å². The molecule has 164 valence electrons. The average molecular weight is 432 g/mol. The topological polar surface area (TPSA) is 174 Å². The zero-order valence-electron chi connectivity index (χ0n) is 16.0. The molecule has 31 heavy (non-hydrogen) atoms. The lowest BCUT2D eigenvalue weighted by Crippen LogP contribution is -2.60. The molecule has 1 fully saturated rings. The number of rotatable bonds is 4. The lowest BCUT2D eigenvalue weighted by atomic mass is 9.82. The van der Waals surface area contributed by atoms with E-state index in [9.17, 15) is 40.2 Å². The van der Waals surface area contributed by atoms with E-state index in [0.29, 0.717) is 0 Å². The number of aromatic hydroxyl groups is 1. The number of ether oxygens (including phenoxy) is 2. The summed E-state index contributed by atoms with van der Waals surface area (Å²) in [6.07, 6.45) is -7.93. The second-order valence-electron chi connectivity index (χ2n) is 7.30. The second-order valence-corrected chi connectivity index (χ2v) is 7.30. The SMILES string of the molecule is O=C1c2ccccc2C(=O)c2c1cc(OC1OC(CO)C(O)C(O)C1O)c(CO)c2O. The minimum Gasteiger partial charge on any atom is -0.507 e. The van der Waals surface area contributed by atoms with Gasteiger partial charge in [0.15, 0.2) is 11.6 Å². The van der Waals surface area contributed by atoms with Gasteiger partial charge in [-0.25, -0.2) is 0 Å². The van der Waals surface area contributed by atoms with E-state index in [4.69, 9.17) is 9.47 Å². The van der Waals surface area contributed by atoms with Gasteiger partial charge < -0.3 is 40.1 Å². The summed E-state index contributed by atoms with van der Waals surface area (Å²) in [5.41, 5.74) is -0.445. The van der Waals surface area contributed by atoms with Crippen LogP contribution in [0.5, 0.6) is 11.5 Å². The number of carbonyl (C=O) groups is 2. The highest BCUT2D eigenvalue weighted by Crippen LogP contribution is 2.41. The molecule has 1 aliphatic carbocycles. The van der Waals surface area contributed by atoms with Crippen molar-refractivity contribution in [3.63, 3.8) is 0 Å². The summed E-state index contributed by atoms with van der Waals surface area (Å²) in [5, 5.41) is 59.8. The molecule has 0 amide bonds. The molecule has 2 aromatic carbocycles. The number of carbonyl (C=O) groups excluding carboxylic acids is 2. The van der Waals surface area contributed by atoms with E-state index in [1.165, 1.54) is 12.1 Å². The number of aliphatic hydroxyl groups excluding tert-OH is 5. The third-order valence-corrected chi connectivity index (χ3v) is 5.50. The van der Waals surface area contributed by atoms with Gasteiger partial charge in [0, 0.05) is 16.7 Å². The van der Waals surface area contributed by atoms with E-state index in [0.717, 1.165) is 6.07 Å². The Bertz CT molecular complexity index is 1050. The molecule has 2 aromatic rings. The number of hydrogen-bond acceptors (Lipinski definition) is 10. The van der Waals surface area contributed by atoms with E-state index in [2.05, 4.69) is 0 Å². The van der Waals surface area contributed by atoms with Crippen LogP contribution in [0.3, 0.4) is 0 Å². The van der Waals surface area contributed by atoms with Crippen LogP contribution >= 0.6 is 0 Å². The Balaban J connectivity index is 1.78. The van der Waals surface area contributed by atoms with Gasteiger partial charge in [-0.05, 0) is 6.07 Å². The maximum Gasteiger partial charge on any atom is 0.229 e. The summed E-state index contributed by atoms with van der Waals surface area (Å²) in [4.78, 5) is 25.8. The fourth-order valence-corrected chi connectivity index (χ4v) is 3.80. The van der Waals surface area contributed by atoms with Crippen molar-refractivity contribution >= 4 is 11.6 Å². The van der Waals surface area contributed by atoms with Crippen molar-refractivity contribution in [2.75, 3.05) is 6.61 Å². The van der Waals surface area contributed by atoms with Crippen LogP contribution < -0.4 is 4.74 Å². The fourth-order valence-electron chi connectivity index (χ4n) is 3.80. The zero-order valence-corrected chi connectivity index (χ0v) is 16.0. The molecular weight excluding hydrogens is 412 g/mol. The molecule has 10 heteroatoms. The lowest BCUT2D eigenvalue weighted by molar-refractivity contribution is -0.277. The van der Waals surface area contributed by atoms with Crippen molar-refractivity contribution in [3.05, 3.63) is 58.1 Å². The van der Waals surface area contributed by atoms with Crippen LogP contribution in [-0.2, 0) is 11.3 Å². The fraction of sp³-hybridized carbons (Fsp3) is 0.333. The van der Waals surface area contributed by atoms with Crippen LogP contribution in [0.25, 0.3) is 0 Å². The summed E-state index contributed by atoms with van der Waals surface area (Å²) in [6, 6.07) is 7.22. The van der Waals surface area contributed by atoms with Gasteiger partial charge in [-0.2, -0.15) is 0 Å². The molecule has 0 saturated carbocycles. The number of fused-ring (bicyclic) bond motifs is 2. The third kappa shape index (κ3) is 3.30. The molecule has 0 aromatic heterocycles. The highest BCUT2D eigenvalue weighted by molar-refractivity contribution is 6.29. The molecule has 6 N–H and O–H groups in total. The van der Waals surface area contributed by atoms with Crippen LogP contribution in [-0.4, -0.2) is 79.5 Å².